The molecule has 0 saturated carbocycles. The van der Waals surface area contributed by atoms with Crippen LogP contribution >= 0.6 is 7.82 Å². The van der Waals surface area contributed by atoms with E-state index in [4.69, 9.17) is 30.2 Å². The molecular formula is C6H13O10P. The second-order valence-corrected chi connectivity index (χ2v) is 4.27. The Kier molecular flexibility index (Phi) is 6.16. The maximum Gasteiger partial charge on any atom is 0.470 e. The lowest BCUT2D eigenvalue weighted by Gasteiger charge is -2.26. The van der Waals surface area contributed by atoms with Gasteiger partial charge >= 0.3 is 13.8 Å². The van der Waals surface area contributed by atoms with Gasteiger partial charge in [-0.3, -0.25) is 4.52 Å². The van der Waals surface area contributed by atoms with Crippen LogP contribution in [-0.4, -0.2) is 72.3 Å². The Balaban J connectivity index is 4.69. The Hall–Kier alpha value is -0.580. The largest absolute Gasteiger partial charge is 0.479 e. The third kappa shape index (κ3) is 5.52. The number of aliphatic hydroxyl groups is 4. The number of carboxylic acids is 1. The molecule has 0 aromatic carbocycles. The van der Waals surface area contributed by atoms with E-state index in [9.17, 15) is 14.5 Å². The van der Waals surface area contributed by atoms with E-state index in [1.807, 2.05) is 0 Å². The van der Waals surface area contributed by atoms with Crippen LogP contribution in [0.5, 0.6) is 0 Å². The van der Waals surface area contributed by atoms with Crippen molar-refractivity contribution in [3.63, 3.8) is 0 Å². The van der Waals surface area contributed by atoms with Gasteiger partial charge in [0.2, 0.25) is 0 Å². The molecule has 4 atom stereocenters. The summed E-state index contributed by atoms with van der Waals surface area (Å²) in [5.41, 5.74) is 0. The monoisotopic (exact) mass is 276 g/mol. The first-order valence-electron chi connectivity index (χ1n) is 4.22. The summed E-state index contributed by atoms with van der Waals surface area (Å²) in [6, 6.07) is 0. The summed E-state index contributed by atoms with van der Waals surface area (Å²) in [6.45, 7) is -1.10. The Morgan fingerprint density at radius 1 is 1.18 bits per heavy atom. The van der Waals surface area contributed by atoms with Gasteiger partial charge in [-0.2, -0.15) is 0 Å². The van der Waals surface area contributed by atoms with Crippen LogP contribution in [0.4, 0.5) is 0 Å². The lowest BCUT2D eigenvalue weighted by atomic mass is 10.0. The predicted octanol–water partition coefficient (Wildman–Crippen LogP) is -3.38. The minimum atomic E-state index is -5.05. The molecule has 0 heterocycles. The molecular weight excluding hydrogens is 263 g/mol. The van der Waals surface area contributed by atoms with Crippen molar-refractivity contribution in [1.82, 2.24) is 0 Å². The van der Waals surface area contributed by atoms with E-state index in [0.29, 0.717) is 0 Å². The number of carboxylic acid groups (broad SMARTS) is 1. The summed E-state index contributed by atoms with van der Waals surface area (Å²) in [5, 5.41) is 44.2. The van der Waals surface area contributed by atoms with Gasteiger partial charge in [0, 0.05) is 0 Å². The molecule has 0 aliphatic carbocycles. The summed E-state index contributed by atoms with van der Waals surface area (Å²) in [7, 11) is -5.05. The second kappa shape index (κ2) is 6.38. The molecule has 0 amide bonds. The zero-order chi connectivity index (χ0) is 13.8. The van der Waals surface area contributed by atoms with Gasteiger partial charge in [0.15, 0.2) is 6.10 Å². The number of hydrogen-bond donors (Lipinski definition) is 7. The number of phosphoric ester groups is 1. The molecule has 17 heavy (non-hydrogen) atoms. The molecule has 102 valence electrons. The maximum absolute atomic E-state index is 10.4. The summed E-state index contributed by atoms with van der Waals surface area (Å²) in [6.07, 6.45) is -8.81. The van der Waals surface area contributed by atoms with Gasteiger partial charge in [-0.25, -0.2) is 9.36 Å². The molecule has 10 nitrogen and oxygen atoms in total. The minimum absolute atomic E-state index is 1.10. The van der Waals surface area contributed by atoms with Crippen LogP contribution in [0.15, 0.2) is 0 Å². The molecule has 0 saturated heterocycles. The van der Waals surface area contributed by atoms with Crippen LogP contribution in [0, 0.1) is 0 Å². The molecule has 0 fully saturated rings. The Morgan fingerprint density at radius 3 is 1.94 bits per heavy atom. The van der Waals surface area contributed by atoms with Gasteiger partial charge in [0.25, 0.3) is 0 Å². The van der Waals surface area contributed by atoms with Gasteiger partial charge in [0.05, 0.1) is 6.61 Å². The summed E-state index contributed by atoms with van der Waals surface area (Å²) in [5.74, 6) is -1.86. The molecule has 0 unspecified atom stereocenters. The first kappa shape index (κ1) is 16.4. The summed E-state index contributed by atoms with van der Waals surface area (Å²) in [4.78, 5) is 27.1. The van der Waals surface area contributed by atoms with E-state index in [-0.39, 0.29) is 0 Å². The third-order valence-corrected chi connectivity index (χ3v) is 2.31. The van der Waals surface area contributed by atoms with Crippen molar-refractivity contribution in [2.45, 2.75) is 24.4 Å². The lowest BCUT2D eigenvalue weighted by molar-refractivity contribution is -0.163. The van der Waals surface area contributed by atoms with Crippen molar-refractivity contribution < 1.29 is 49.2 Å². The fraction of sp³-hybridized carbons (Fsp3) is 0.833. The molecule has 11 heteroatoms. The highest BCUT2D eigenvalue weighted by atomic mass is 31.2. The minimum Gasteiger partial charge on any atom is -0.479 e. The van der Waals surface area contributed by atoms with E-state index in [0.717, 1.165) is 0 Å². The lowest BCUT2D eigenvalue weighted by Crippen LogP contribution is -2.49. The van der Waals surface area contributed by atoms with E-state index in [2.05, 4.69) is 4.52 Å². The van der Waals surface area contributed by atoms with Gasteiger partial charge < -0.3 is 35.3 Å². The molecule has 0 rings (SSSR count). The van der Waals surface area contributed by atoms with Crippen molar-refractivity contribution in [2.75, 3.05) is 6.61 Å². The normalized spacial score (nSPS) is 19.4. The fourth-order valence-corrected chi connectivity index (χ4v) is 1.48. The van der Waals surface area contributed by atoms with Crippen LogP contribution in [0.2, 0.25) is 0 Å². The summed E-state index contributed by atoms with van der Waals surface area (Å²) < 4.78 is 14.3. The first-order chi connectivity index (χ1) is 7.60. The molecule has 0 aromatic heterocycles. The Bertz CT molecular complexity index is 299. The van der Waals surface area contributed by atoms with E-state index in [1.165, 1.54) is 0 Å². The maximum atomic E-state index is 10.4. The average molecular weight is 276 g/mol. The zero-order valence-electron chi connectivity index (χ0n) is 8.32. The fourth-order valence-electron chi connectivity index (χ4n) is 0.933. The topological polar surface area (TPSA) is 185 Å². The van der Waals surface area contributed by atoms with Crippen LogP contribution in [0.1, 0.15) is 0 Å². The highest BCUT2D eigenvalue weighted by Gasteiger charge is 2.38. The van der Waals surface area contributed by atoms with Crippen molar-refractivity contribution in [3.05, 3.63) is 0 Å². The van der Waals surface area contributed by atoms with E-state index < -0.39 is 44.8 Å². The quantitative estimate of drug-likeness (QED) is 0.231. The second-order valence-electron chi connectivity index (χ2n) is 3.08. The first-order valence-corrected chi connectivity index (χ1v) is 5.75. The van der Waals surface area contributed by atoms with E-state index in [1.54, 1.807) is 0 Å². The molecule has 0 radical (unpaired) electrons. The van der Waals surface area contributed by atoms with Gasteiger partial charge in [-0.15, -0.1) is 0 Å². The highest BCUT2D eigenvalue weighted by Crippen LogP contribution is 2.38. The Labute approximate surface area is 94.9 Å². The van der Waals surface area contributed by atoms with E-state index >= 15 is 0 Å². The average Bonchev–Trinajstić information content (AvgIpc) is 2.21. The van der Waals surface area contributed by atoms with Crippen molar-refractivity contribution >= 4 is 13.8 Å². The molecule has 0 spiro atoms. The number of rotatable bonds is 7. The van der Waals surface area contributed by atoms with Crippen LogP contribution in [0.3, 0.4) is 0 Å². The van der Waals surface area contributed by atoms with Crippen LogP contribution in [0.25, 0.3) is 0 Å². The van der Waals surface area contributed by atoms with Gasteiger partial charge in [-0.1, -0.05) is 0 Å². The smallest absolute Gasteiger partial charge is 0.470 e. The number of phosphoric acid groups is 1. The van der Waals surface area contributed by atoms with Gasteiger partial charge in [0.1, 0.15) is 18.3 Å². The van der Waals surface area contributed by atoms with Gasteiger partial charge in [-0.05, 0) is 0 Å². The third-order valence-electron chi connectivity index (χ3n) is 1.76. The molecule has 0 aliphatic heterocycles. The summed E-state index contributed by atoms with van der Waals surface area (Å²) >= 11 is 0. The highest BCUT2D eigenvalue weighted by molar-refractivity contribution is 7.46. The SMILES string of the molecule is O=C(O)[C@H](O)[C@@H](O)[C@H](O)[C@@H](CO)OP(=O)(O)O. The predicted molar refractivity (Wildman–Crippen MR) is 49.7 cm³/mol. The van der Waals surface area contributed by atoms with Crippen molar-refractivity contribution in [1.29, 1.82) is 0 Å². The van der Waals surface area contributed by atoms with Crippen molar-refractivity contribution in [2.24, 2.45) is 0 Å². The number of aliphatic carboxylic acids is 1. The number of hydrogen-bond acceptors (Lipinski definition) is 7. The molecule has 0 bridgehead atoms. The molecule has 0 aliphatic rings. The number of aliphatic hydroxyl groups excluding tert-OH is 4. The molecule has 7 N–H and O–H groups in total. The van der Waals surface area contributed by atoms with Crippen LogP contribution in [-0.2, 0) is 13.9 Å². The van der Waals surface area contributed by atoms with Crippen molar-refractivity contribution in [3.8, 4) is 0 Å². The number of carbonyl (C=O) groups is 1. The molecule has 0 aromatic rings. The Morgan fingerprint density at radius 2 is 1.65 bits per heavy atom. The van der Waals surface area contributed by atoms with Crippen LogP contribution < -0.4 is 0 Å². The standard InChI is InChI=1S/C6H13O10P/c7-1-2(16-17(13,14)15)3(8)4(9)5(10)6(11)12/h2-5,7-10H,1H2,(H,11,12)(H2,13,14,15)/t2-,3-,4+,5-/m1/s1. The zero-order valence-corrected chi connectivity index (χ0v) is 9.21.